The fourth-order valence-corrected chi connectivity index (χ4v) is 9.73. The van der Waals surface area contributed by atoms with Gasteiger partial charge < -0.3 is 33.3 Å². The highest BCUT2D eigenvalue weighted by Crippen LogP contribution is 2.45. The molecular weight excluding hydrogens is 877 g/mol. The first-order valence-corrected chi connectivity index (χ1v) is 22.0. The molecule has 5 heterocycles. The number of likely N-dealkylation sites (tertiary alicyclic amines) is 1. The number of benzene rings is 2. The number of rotatable bonds is 13. The molecule has 4 bridgehead atoms. The molecule has 354 valence electrons. The number of hydrogen-bond acceptors (Lipinski definition) is 14. The number of hydrogen-bond donors (Lipinski definition) is 0. The standard InChI is InChI=1S/C23H27F3N6O3.C21H24F3N5O2/c1-13(2)32-22(33-17-6-8-18(9-7-17)34-23(24,25)26)28-20(29-32)10-19-15-4-5-16(19)12-31(11-15)21-27-14(3)30-35-21;1-13(2)29-20(30-16-5-7-17(8-6-16)31-21(22,23)24)26-19(27-29)9-18-14-3-4-15(18)11-28(10-14)12-25/h6-9,13,15-16,19H,4-5,10-12H2,1-3H3;5-8,13-15,18H,3-4,9-11H2,1-2H3/t15-,16+,19?;14-,15+,18?. The van der Waals surface area contributed by atoms with Crippen molar-refractivity contribution in [1.82, 2.24) is 44.6 Å². The lowest BCUT2D eigenvalue weighted by Crippen LogP contribution is -2.43. The van der Waals surface area contributed by atoms with Crippen LogP contribution in [0.5, 0.6) is 35.0 Å². The summed E-state index contributed by atoms with van der Waals surface area (Å²) < 4.78 is 102. The highest BCUT2D eigenvalue weighted by molar-refractivity contribution is 5.34. The first-order chi connectivity index (χ1) is 31.4. The van der Waals surface area contributed by atoms with Crippen LogP contribution in [-0.4, -0.2) is 83.5 Å². The molecule has 0 amide bonds. The van der Waals surface area contributed by atoms with Crippen LogP contribution < -0.4 is 23.8 Å². The topological polar surface area (TPSA) is 168 Å². The Hall–Kier alpha value is -6.27. The lowest BCUT2D eigenvalue weighted by atomic mass is 9.82. The molecule has 0 N–H and O–H groups in total. The maximum Gasteiger partial charge on any atom is 0.573 e. The highest BCUT2D eigenvalue weighted by Gasteiger charge is 2.45. The lowest BCUT2D eigenvalue weighted by Gasteiger charge is -2.36. The molecule has 4 aliphatic rings. The number of halogens is 6. The second kappa shape index (κ2) is 18.9. The molecular formula is C44H51F6N11O5. The van der Waals surface area contributed by atoms with Gasteiger partial charge in [0.25, 0.3) is 0 Å². The van der Waals surface area contributed by atoms with Gasteiger partial charge in [-0.3, -0.25) is 0 Å². The van der Waals surface area contributed by atoms with Gasteiger partial charge in [0.1, 0.15) is 23.0 Å². The zero-order valence-corrected chi connectivity index (χ0v) is 37.0. The third-order valence-corrected chi connectivity index (χ3v) is 12.6. The molecule has 2 unspecified atom stereocenters. The summed E-state index contributed by atoms with van der Waals surface area (Å²) in [5, 5.41) is 22.4. The van der Waals surface area contributed by atoms with Gasteiger partial charge in [0.2, 0.25) is 0 Å². The summed E-state index contributed by atoms with van der Waals surface area (Å²) in [6.45, 7) is 13.0. The number of aryl methyl sites for hydroxylation is 1. The Labute approximate surface area is 376 Å². The predicted octanol–water partition coefficient (Wildman–Crippen LogP) is 9.48. The van der Waals surface area contributed by atoms with Crippen LogP contribution >= 0.6 is 0 Å². The number of aromatic nitrogens is 8. The van der Waals surface area contributed by atoms with E-state index in [0.29, 0.717) is 82.5 Å². The van der Waals surface area contributed by atoms with Crippen molar-refractivity contribution in [2.24, 2.45) is 35.5 Å². The second-order valence-electron chi connectivity index (χ2n) is 17.9. The van der Waals surface area contributed by atoms with Gasteiger partial charge in [-0.25, -0.2) is 9.36 Å². The third-order valence-electron chi connectivity index (χ3n) is 12.6. The number of nitriles is 1. The van der Waals surface area contributed by atoms with Gasteiger partial charge in [-0.05, 0) is 144 Å². The van der Waals surface area contributed by atoms with Crippen LogP contribution in [0.25, 0.3) is 0 Å². The summed E-state index contributed by atoms with van der Waals surface area (Å²) in [6, 6.07) is 11.6. The van der Waals surface area contributed by atoms with E-state index in [1.807, 2.05) is 39.5 Å². The van der Waals surface area contributed by atoms with Crippen molar-refractivity contribution in [3.8, 4) is 41.2 Å². The lowest BCUT2D eigenvalue weighted by molar-refractivity contribution is -0.275. The van der Waals surface area contributed by atoms with Crippen LogP contribution in [0.2, 0.25) is 0 Å². The average Bonchev–Trinajstić information content (AvgIpc) is 4.06. The van der Waals surface area contributed by atoms with Crippen molar-refractivity contribution in [1.29, 1.82) is 5.26 Å². The molecule has 9 rings (SSSR count). The molecule has 2 saturated heterocycles. The second-order valence-corrected chi connectivity index (χ2v) is 17.9. The summed E-state index contributed by atoms with van der Waals surface area (Å²) in [5.74, 6) is 4.89. The van der Waals surface area contributed by atoms with Crippen LogP contribution in [0.4, 0.5) is 32.4 Å². The fourth-order valence-electron chi connectivity index (χ4n) is 9.73. The van der Waals surface area contributed by atoms with E-state index in [4.69, 9.17) is 19.1 Å². The van der Waals surface area contributed by atoms with Crippen molar-refractivity contribution >= 4 is 6.01 Å². The van der Waals surface area contributed by atoms with E-state index in [-0.39, 0.29) is 23.6 Å². The molecule has 0 spiro atoms. The Morgan fingerprint density at radius 3 is 1.38 bits per heavy atom. The summed E-state index contributed by atoms with van der Waals surface area (Å²) in [5.41, 5.74) is 0. The van der Waals surface area contributed by atoms with Gasteiger partial charge in [0.15, 0.2) is 23.7 Å². The van der Waals surface area contributed by atoms with Crippen LogP contribution in [0, 0.1) is 53.9 Å². The minimum Gasteiger partial charge on any atom is -0.424 e. The molecule has 2 saturated carbocycles. The third kappa shape index (κ3) is 11.2. The van der Waals surface area contributed by atoms with E-state index < -0.39 is 12.7 Å². The van der Waals surface area contributed by atoms with Crippen LogP contribution in [0.3, 0.4) is 0 Å². The smallest absolute Gasteiger partial charge is 0.424 e. The fraction of sp³-hybridized carbons (Fsp3) is 0.568. The van der Waals surface area contributed by atoms with Gasteiger partial charge in [-0.1, -0.05) is 5.16 Å². The molecule has 2 aromatic carbocycles. The minimum atomic E-state index is -4.74. The number of piperidine rings is 2. The van der Waals surface area contributed by atoms with Crippen LogP contribution in [-0.2, 0) is 12.8 Å². The Kier molecular flexibility index (Phi) is 13.3. The summed E-state index contributed by atoms with van der Waals surface area (Å²) in [4.78, 5) is 17.6. The van der Waals surface area contributed by atoms with Crippen molar-refractivity contribution in [2.45, 2.75) is 98.0 Å². The van der Waals surface area contributed by atoms with Gasteiger partial charge in [-0.2, -0.15) is 30.4 Å². The van der Waals surface area contributed by atoms with Gasteiger partial charge in [0, 0.05) is 39.0 Å². The first kappa shape index (κ1) is 46.3. The maximum atomic E-state index is 12.4. The Morgan fingerprint density at radius 1 is 0.636 bits per heavy atom. The zero-order chi connectivity index (χ0) is 46.9. The van der Waals surface area contributed by atoms with Gasteiger partial charge in [0.05, 0.1) is 12.1 Å². The number of fused-ring (bicyclic) bond motifs is 4. The van der Waals surface area contributed by atoms with Crippen molar-refractivity contribution in [3.05, 3.63) is 66.0 Å². The summed E-state index contributed by atoms with van der Waals surface area (Å²) in [7, 11) is 0. The molecule has 5 aromatic rings. The number of alkyl halides is 6. The molecule has 22 heteroatoms. The Balaban J connectivity index is 0.000000181. The molecule has 66 heavy (non-hydrogen) atoms. The number of anilines is 1. The zero-order valence-electron chi connectivity index (χ0n) is 37.0. The molecule has 4 fully saturated rings. The van der Waals surface area contributed by atoms with E-state index in [9.17, 15) is 31.6 Å². The Bertz CT molecular complexity index is 2420. The van der Waals surface area contributed by atoms with E-state index in [0.717, 1.165) is 64.7 Å². The largest absolute Gasteiger partial charge is 0.573 e. The molecule has 0 radical (unpaired) electrons. The molecule has 6 atom stereocenters. The van der Waals surface area contributed by atoms with E-state index >= 15 is 0 Å². The molecule has 2 aliphatic carbocycles. The molecule has 2 aliphatic heterocycles. The molecule has 16 nitrogen and oxygen atoms in total. The SMILES string of the molecule is CC(C)n1nc(CC2[C@@H]3CC[C@H]2CN(C#N)C3)nc1Oc1ccc(OC(F)(F)F)cc1.Cc1noc(N2C[C@H]3CC[C@@H](C2)C3Cc2nc(Oc3ccc(OC(F)(F)F)cc3)n(C(C)C)n2)n1. The van der Waals surface area contributed by atoms with Gasteiger partial charge in [-0.15, -0.1) is 26.3 Å². The number of ether oxygens (including phenoxy) is 4. The van der Waals surface area contributed by atoms with Crippen molar-refractivity contribution in [3.63, 3.8) is 0 Å². The van der Waals surface area contributed by atoms with Crippen molar-refractivity contribution in [2.75, 3.05) is 31.1 Å². The predicted molar refractivity (Wildman–Crippen MR) is 222 cm³/mol. The molecule has 3 aromatic heterocycles. The highest BCUT2D eigenvalue weighted by atomic mass is 19.4. The van der Waals surface area contributed by atoms with Crippen molar-refractivity contribution < 1.29 is 49.8 Å². The van der Waals surface area contributed by atoms with E-state index in [2.05, 4.69) is 45.8 Å². The summed E-state index contributed by atoms with van der Waals surface area (Å²) >= 11 is 0. The van der Waals surface area contributed by atoms with Crippen LogP contribution in [0.15, 0.2) is 53.1 Å². The number of nitrogens with zero attached hydrogens (tertiary/aromatic N) is 11. The van der Waals surface area contributed by atoms with Crippen LogP contribution in [0.1, 0.15) is 82.9 Å². The minimum absolute atomic E-state index is 0.00115. The average molecular weight is 928 g/mol. The van der Waals surface area contributed by atoms with E-state index in [1.165, 1.54) is 48.5 Å². The van der Waals surface area contributed by atoms with Gasteiger partial charge >= 0.3 is 30.8 Å². The summed E-state index contributed by atoms with van der Waals surface area (Å²) in [6.07, 6.45) is -1.23. The monoisotopic (exact) mass is 927 g/mol. The first-order valence-electron chi connectivity index (χ1n) is 22.0. The quantitative estimate of drug-likeness (QED) is 0.0809. The van der Waals surface area contributed by atoms with E-state index in [1.54, 1.807) is 9.36 Å². The maximum absolute atomic E-state index is 12.4. The Morgan fingerprint density at radius 2 is 1.03 bits per heavy atom. The normalized spacial score (nSPS) is 22.6.